The summed E-state index contributed by atoms with van der Waals surface area (Å²) in [4.78, 5) is 0. The number of hydrogen-bond donors (Lipinski definition) is 2. The number of methoxy groups -OCH3 is 2. The standard InChI is InChI=1S/C19H25NO3/c1-14(20-17(13-21)16-7-5-4-6-8-16)11-15-9-10-18(22-2)19(12-15)23-3/h4-10,12,14,17,20-21H,11,13H2,1-3H3. The second-order valence-electron chi connectivity index (χ2n) is 5.61. The lowest BCUT2D eigenvalue weighted by molar-refractivity contribution is 0.234. The van der Waals surface area contributed by atoms with Crippen molar-refractivity contribution in [1.82, 2.24) is 5.32 Å². The van der Waals surface area contributed by atoms with E-state index >= 15 is 0 Å². The Kier molecular flexibility index (Phi) is 6.44. The summed E-state index contributed by atoms with van der Waals surface area (Å²) in [5.74, 6) is 1.47. The van der Waals surface area contributed by atoms with Gasteiger partial charge in [0.2, 0.25) is 0 Å². The Morgan fingerprint density at radius 3 is 2.30 bits per heavy atom. The van der Waals surface area contributed by atoms with Gasteiger partial charge in [0.05, 0.1) is 26.9 Å². The van der Waals surface area contributed by atoms with Crippen molar-refractivity contribution < 1.29 is 14.6 Å². The van der Waals surface area contributed by atoms with Crippen LogP contribution in [0.4, 0.5) is 0 Å². The Morgan fingerprint density at radius 2 is 1.70 bits per heavy atom. The molecule has 2 unspecified atom stereocenters. The molecule has 0 bridgehead atoms. The van der Waals surface area contributed by atoms with Crippen LogP contribution in [-0.2, 0) is 6.42 Å². The zero-order valence-electron chi connectivity index (χ0n) is 14.0. The van der Waals surface area contributed by atoms with Crippen LogP contribution in [0.5, 0.6) is 11.5 Å². The fourth-order valence-electron chi connectivity index (χ4n) is 2.70. The summed E-state index contributed by atoms with van der Waals surface area (Å²) in [7, 11) is 3.27. The van der Waals surface area contributed by atoms with Gasteiger partial charge >= 0.3 is 0 Å². The summed E-state index contributed by atoms with van der Waals surface area (Å²) in [5, 5.41) is 13.1. The van der Waals surface area contributed by atoms with Crippen LogP contribution in [0.3, 0.4) is 0 Å². The molecule has 2 rings (SSSR count). The first kappa shape index (κ1) is 17.3. The maximum absolute atomic E-state index is 9.65. The summed E-state index contributed by atoms with van der Waals surface area (Å²) in [6.45, 7) is 2.18. The van der Waals surface area contributed by atoms with Crippen molar-refractivity contribution >= 4 is 0 Å². The molecule has 4 nitrogen and oxygen atoms in total. The first-order valence-corrected chi connectivity index (χ1v) is 7.80. The topological polar surface area (TPSA) is 50.7 Å². The average molecular weight is 315 g/mol. The smallest absolute Gasteiger partial charge is 0.160 e. The third kappa shape index (κ3) is 4.71. The van der Waals surface area contributed by atoms with Crippen molar-refractivity contribution in [2.24, 2.45) is 0 Å². The van der Waals surface area contributed by atoms with Gasteiger partial charge in [0.25, 0.3) is 0 Å². The average Bonchev–Trinajstić information content (AvgIpc) is 2.60. The Bertz CT molecular complexity index is 601. The number of rotatable bonds is 8. The molecule has 4 heteroatoms. The molecule has 2 N–H and O–H groups in total. The van der Waals surface area contributed by atoms with Crippen molar-refractivity contribution in [3.8, 4) is 11.5 Å². The lowest BCUT2D eigenvalue weighted by Gasteiger charge is -2.22. The minimum Gasteiger partial charge on any atom is -0.493 e. The largest absolute Gasteiger partial charge is 0.493 e. The monoisotopic (exact) mass is 315 g/mol. The second kappa shape index (κ2) is 8.56. The number of benzene rings is 2. The molecule has 0 amide bonds. The number of ether oxygens (including phenoxy) is 2. The third-order valence-corrected chi connectivity index (χ3v) is 3.86. The number of aliphatic hydroxyl groups is 1. The van der Waals surface area contributed by atoms with Crippen molar-refractivity contribution in [3.63, 3.8) is 0 Å². The molecule has 0 aliphatic heterocycles. The fourth-order valence-corrected chi connectivity index (χ4v) is 2.70. The Balaban J connectivity index is 2.02. The van der Waals surface area contributed by atoms with Gasteiger partial charge < -0.3 is 19.9 Å². The molecular formula is C19H25NO3. The molecule has 124 valence electrons. The van der Waals surface area contributed by atoms with E-state index in [4.69, 9.17) is 9.47 Å². The van der Waals surface area contributed by atoms with Gasteiger partial charge in [-0.25, -0.2) is 0 Å². The van der Waals surface area contributed by atoms with Gasteiger partial charge in [-0.15, -0.1) is 0 Å². The minimum absolute atomic E-state index is 0.0636. The molecule has 0 spiro atoms. The van der Waals surface area contributed by atoms with E-state index in [-0.39, 0.29) is 18.7 Å². The molecular weight excluding hydrogens is 290 g/mol. The van der Waals surface area contributed by atoms with E-state index in [0.29, 0.717) is 0 Å². The summed E-state index contributed by atoms with van der Waals surface area (Å²) in [5.41, 5.74) is 2.25. The maximum atomic E-state index is 9.65. The summed E-state index contributed by atoms with van der Waals surface area (Å²) >= 11 is 0. The molecule has 0 aliphatic carbocycles. The summed E-state index contributed by atoms with van der Waals surface area (Å²) < 4.78 is 10.6. The molecule has 0 saturated carbocycles. The molecule has 0 fully saturated rings. The maximum Gasteiger partial charge on any atom is 0.160 e. The van der Waals surface area contributed by atoms with E-state index < -0.39 is 0 Å². The Labute approximate surface area is 138 Å². The molecule has 0 aromatic heterocycles. The Hall–Kier alpha value is -2.04. The van der Waals surface area contributed by atoms with Crippen LogP contribution in [0, 0.1) is 0 Å². The van der Waals surface area contributed by atoms with Gasteiger partial charge in [-0.1, -0.05) is 36.4 Å². The summed E-state index contributed by atoms with van der Waals surface area (Å²) in [6.07, 6.45) is 0.837. The van der Waals surface area contributed by atoms with Crippen LogP contribution in [0.25, 0.3) is 0 Å². The molecule has 23 heavy (non-hydrogen) atoms. The van der Waals surface area contributed by atoms with Crippen LogP contribution >= 0.6 is 0 Å². The second-order valence-corrected chi connectivity index (χ2v) is 5.61. The van der Waals surface area contributed by atoms with E-state index in [1.54, 1.807) is 14.2 Å². The van der Waals surface area contributed by atoms with Crippen LogP contribution < -0.4 is 14.8 Å². The van der Waals surface area contributed by atoms with E-state index in [1.165, 1.54) is 0 Å². The zero-order valence-corrected chi connectivity index (χ0v) is 14.0. The first-order chi connectivity index (χ1) is 11.2. The van der Waals surface area contributed by atoms with Crippen molar-refractivity contribution in [2.75, 3.05) is 20.8 Å². The zero-order chi connectivity index (χ0) is 16.7. The van der Waals surface area contributed by atoms with Gasteiger partial charge in [-0.05, 0) is 36.6 Å². The lowest BCUT2D eigenvalue weighted by atomic mass is 10.0. The van der Waals surface area contributed by atoms with Crippen molar-refractivity contribution in [2.45, 2.75) is 25.4 Å². The third-order valence-electron chi connectivity index (χ3n) is 3.86. The number of aliphatic hydroxyl groups excluding tert-OH is 1. The lowest BCUT2D eigenvalue weighted by Crippen LogP contribution is -2.34. The van der Waals surface area contributed by atoms with Gasteiger partial charge in [0, 0.05) is 6.04 Å². The number of nitrogens with one attached hydrogen (secondary N) is 1. The minimum atomic E-state index is -0.0636. The first-order valence-electron chi connectivity index (χ1n) is 7.80. The molecule has 0 saturated heterocycles. The van der Waals surface area contributed by atoms with Crippen LogP contribution in [0.1, 0.15) is 24.1 Å². The van der Waals surface area contributed by atoms with Crippen LogP contribution in [0.15, 0.2) is 48.5 Å². The van der Waals surface area contributed by atoms with E-state index in [9.17, 15) is 5.11 Å². The van der Waals surface area contributed by atoms with Gasteiger partial charge in [0.1, 0.15) is 0 Å². The van der Waals surface area contributed by atoms with E-state index in [0.717, 1.165) is 29.0 Å². The predicted molar refractivity (Wildman–Crippen MR) is 92.1 cm³/mol. The molecule has 0 heterocycles. The quantitative estimate of drug-likeness (QED) is 0.786. The predicted octanol–water partition coefficient (Wildman–Crippen LogP) is 2.96. The highest BCUT2D eigenvalue weighted by Gasteiger charge is 2.14. The molecule has 2 aromatic carbocycles. The molecule has 0 radical (unpaired) electrons. The SMILES string of the molecule is COc1ccc(CC(C)NC(CO)c2ccccc2)cc1OC. The van der Waals surface area contributed by atoms with Crippen molar-refractivity contribution in [3.05, 3.63) is 59.7 Å². The highest BCUT2D eigenvalue weighted by atomic mass is 16.5. The summed E-state index contributed by atoms with van der Waals surface area (Å²) in [6, 6.07) is 16.1. The van der Waals surface area contributed by atoms with Crippen LogP contribution in [-0.4, -0.2) is 32.0 Å². The highest BCUT2D eigenvalue weighted by Crippen LogP contribution is 2.28. The molecule has 2 atom stereocenters. The van der Waals surface area contributed by atoms with Crippen LogP contribution in [0.2, 0.25) is 0 Å². The normalized spacial score (nSPS) is 13.4. The van der Waals surface area contributed by atoms with Gasteiger partial charge in [0.15, 0.2) is 11.5 Å². The molecule has 0 aliphatic rings. The van der Waals surface area contributed by atoms with E-state index in [2.05, 4.69) is 12.2 Å². The van der Waals surface area contributed by atoms with Crippen molar-refractivity contribution in [1.29, 1.82) is 0 Å². The molecule has 2 aromatic rings. The number of hydrogen-bond acceptors (Lipinski definition) is 4. The highest BCUT2D eigenvalue weighted by molar-refractivity contribution is 5.43. The van der Waals surface area contributed by atoms with Gasteiger partial charge in [-0.2, -0.15) is 0 Å². The van der Waals surface area contributed by atoms with Gasteiger partial charge in [-0.3, -0.25) is 0 Å². The Morgan fingerprint density at radius 1 is 1.00 bits per heavy atom. The fraction of sp³-hybridized carbons (Fsp3) is 0.368. The van der Waals surface area contributed by atoms with E-state index in [1.807, 2.05) is 48.5 Å².